The number of benzene rings is 4. The van der Waals surface area contributed by atoms with Gasteiger partial charge < -0.3 is 42.7 Å². The van der Waals surface area contributed by atoms with Crippen LogP contribution in [0.4, 0.5) is 0 Å². The molecule has 100 heavy (non-hydrogen) atoms. The normalized spacial score (nSPS) is 11.4. The molecule has 0 saturated heterocycles. The maximum absolute atomic E-state index is 13.2. The predicted molar refractivity (Wildman–Crippen MR) is 391 cm³/mol. The molecule has 0 atom stereocenters. The molecule has 0 unspecified atom stereocenters. The maximum Gasteiger partial charge on any atom is 0.341 e. The van der Waals surface area contributed by atoms with E-state index in [-0.39, 0.29) is 101 Å². The van der Waals surface area contributed by atoms with Gasteiger partial charge in [0.25, 0.3) is 0 Å². The average Bonchev–Trinajstić information content (AvgIpc) is 0.775. The number of nitrogens with zero attached hydrogens (tertiary/aromatic N) is 4. The van der Waals surface area contributed by atoms with Gasteiger partial charge in [0.05, 0.1) is 37.5 Å². The number of carbonyl (C=O) groups is 4. The van der Waals surface area contributed by atoms with Crippen molar-refractivity contribution in [3.8, 4) is 41.2 Å². The third kappa shape index (κ3) is 28.6. The van der Waals surface area contributed by atoms with Crippen molar-refractivity contribution in [3.05, 3.63) is 175 Å². The summed E-state index contributed by atoms with van der Waals surface area (Å²) in [7, 11) is 0. The number of carbonyl (C=O) groups excluding carboxylic acids is 4. The highest BCUT2D eigenvalue weighted by molar-refractivity contribution is 5.89. The van der Waals surface area contributed by atoms with Gasteiger partial charge in [-0.1, -0.05) is 205 Å². The lowest BCUT2D eigenvalue weighted by Crippen LogP contribution is -2.17. The van der Waals surface area contributed by atoms with Gasteiger partial charge in [-0.2, -0.15) is 15.8 Å². The van der Waals surface area contributed by atoms with Crippen molar-refractivity contribution in [1.29, 1.82) is 15.8 Å². The van der Waals surface area contributed by atoms with Crippen molar-refractivity contribution < 1.29 is 57.1 Å². The van der Waals surface area contributed by atoms with E-state index in [0.717, 1.165) is 221 Å². The Balaban J connectivity index is 1.95. The molecule has 1 aliphatic rings. The summed E-state index contributed by atoms with van der Waals surface area (Å²) in [6.45, 7) is 30.4. The maximum atomic E-state index is 13.2. The van der Waals surface area contributed by atoms with Gasteiger partial charge in [0.1, 0.15) is 81.4 Å². The molecule has 4 aromatic rings. The zero-order valence-corrected chi connectivity index (χ0v) is 60.4. The Morgan fingerprint density at radius 2 is 0.560 bits per heavy atom. The number of unbranched alkanes of at least 4 members (excludes halogenated alkanes) is 16. The summed E-state index contributed by atoms with van der Waals surface area (Å²) in [4.78, 5) is 56.0. The van der Waals surface area contributed by atoms with Crippen molar-refractivity contribution >= 4 is 23.9 Å². The fourth-order valence-electron chi connectivity index (χ4n) is 12.4. The largest absolute Gasteiger partial charge is 0.489 e. The molecule has 0 heterocycles. The van der Waals surface area contributed by atoms with Crippen molar-refractivity contribution in [3.63, 3.8) is 0 Å². The first kappa shape index (κ1) is 81.6. The third-order valence-electron chi connectivity index (χ3n) is 17.6. The van der Waals surface area contributed by atoms with E-state index in [1.807, 2.05) is 18.2 Å². The zero-order valence-electron chi connectivity index (χ0n) is 60.4. The van der Waals surface area contributed by atoms with E-state index in [1.54, 1.807) is 0 Å². The second-order valence-electron chi connectivity index (χ2n) is 26.0. The highest BCUT2D eigenvalue weighted by atomic mass is 16.6. The molecule has 0 spiro atoms. The van der Waals surface area contributed by atoms with Gasteiger partial charge in [-0.05, 0) is 118 Å². The van der Waals surface area contributed by atoms with E-state index in [0.29, 0.717) is 48.7 Å². The number of hydrogen-bond donors (Lipinski definition) is 0. The Labute approximate surface area is 596 Å². The van der Waals surface area contributed by atoms with Gasteiger partial charge in [0, 0.05) is 42.4 Å². The SMILES string of the molecule is [C-]#[N+]CC(=C)C(=O)OCCOc1c2cc(CCCCCCC)cc1Cc1cc(CCCCCCC)cc(c1OCCOC(=O)C(=C)CC#N)Cc1cc(CCCCCCC)cc(c1OCCOC(=O)C(=C)CC#N)Cc1cc(CCCCCCC)cc(c1OCCOC(=O)C(=C)CC#N)C2. The van der Waals surface area contributed by atoms with E-state index in [1.165, 1.54) is 0 Å². The molecule has 4 aromatic carbocycles. The minimum absolute atomic E-state index is 0.0379. The monoisotopic (exact) mass is 1360 g/mol. The average molecular weight is 1370 g/mol. The van der Waals surface area contributed by atoms with Gasteiger partial charge in [-0.25, -0.2) is 25.8 Å². The molecule has 0 amide bonds. The predicted octanol–water partition coefficient (Wildman–Crippen LogP) is 18.0. The molecule has 536 valence electrons. The van der Waals surface area contributed by atoms with Crippen LogP contribution in [0.3, 0.4) is 0 Å². The summed E-state index contributed by atoms with van der Waals surface area (Å²) in [6.07, 6.45) is 25.1. The first-order valence-electron chi connectivity index (χ1n) is 36.5. The number of hydrogen-bond acceptors (Lipinski definition) is 15. The summed E-state index contributed by atoms with van der Waals surface area (Å²) in [5.74, 6) is -0.399. The second kappa shape index (κ2) is 47.0. The molecule has 16 nitrogen and oxygen atoms in total. The minimum Gasteiger partial charge on any atom is -0.489 e. The molecule has 0 saturated carbocycles. The van der Waals surface area contributed by atoms with E-state index >= 15 is 0 Å². The number of ether oxygens (including phenoxy) is 8. The number of nitriles is 3. The lowest BCUT2D eigenvalue weighted by Gasteiger charge is -2.25. The summed E-state index contributed by atoms with van der Waals surface area (Å²) < 4.78 is 51.0. The van der Waals surface area contributed by atoms with E-state index in [4.69, 9.17) is 44.5 Å². The van der Waals surface area contributed by atoms with Gasteiger partial charge in [-0.3, -0.25) is 0 Å². The molecule has 0 N–H and O–H groups in total. The van der Waals surface area contributed by atoms with Gasteiger partial charge in [0.15, 0.2) is 0 Å². The van der Waals surface area contributed by atoms with E-state index in [9.17, 15) is 35.0 Å². The molecular weight excluding hydrogens is 1260 g/mol. The Morgan fingerprint density at radius 1 is 0.350 bits per heavy atom. The number of rotatable bonds is 48. The second-order valence-corrected chi connectivity index (χ2v) is 26.0. The Morgan fingerprint density at radius 3 is 0.760 bits per heavy atom. The smallest absolute Gasteiger partial charge is 0.341 e. The first-order valence-corrected chi connectivity index (χ1v) is 36.5. The van der Waals surface area contributed by atoms with Crippen LogP contribution in [0, 0.1) is 40.6 Å². The van der Waals surface area contributed by atoms with Crippen molar-refractivity contribution in [1.82, 2.24) is 0 Å². The topological polar surface area (TPSA) is 218 Å². The van der Waals surface area contributed by atoms with E-state index < -0.39 is 23.9 Å². The lowest BCUT2D eigenvalue weighted by atomic mass is 9.87. The fraction of sp³-hybridized carbons (Fsp3) is 0.524. The summed E-state index contributed by atoms with van der Waals surface area (Å²) in [6, 6.07) is 23.7. The van der Waals surface area contributed by atoms with Gasteiger partial charge in [-0.15, -0.1) is 0 Å². The van der Waals surface area contributed by atoms with E-state index in [2.05, 4.69) is 107 Å². The lowest BCUT2D eigenvalue weighted by molar-refractivity contribution is -0.140. The molecule has 5 rings (SSSR count). The molecule has 0 fully saturated rings. The fourth-order valence-corrected chi connectivity index (χ4v) is 12.4. The standard InChI is InChI=1S/C84H108N4O12/c1-10-14-18-22-26-30-65-48-69-56-71-50-66(31-27-23-19-15-11-2)52-73(78(71)94-41-45-98-82(90)62(6)35-38-86)58-75-54-68(33-29-25-21-17-13-4)55-76(80(75)96-43-47-100-84(92)64(8)60-88-9)59-74-53-67(32-28-24-20-16-12-3)51-72(79(74)95-42-46-99-83(91)63(7)36-39-87)57-70(49-65)77(69)93-40-44-97-81(89)61(5)34-37-85/h48-55H,5-8,10-36,40-47,56-60H2,1-4H3. The molecule has 8 bridgehead atoms. The number of esters is 4. The number of aryl methyl sites for hydroxylation is 4. The highest BCUT2D eigenvalue weighted by Gasteiger charge is 2.26. The van der Waals surface area contributed by atoms with Crippen LogP contribution in [0.25, 0.3) is 4.85 Å². The van der Waals surface area contributed by atoms with Crippen LogP contribution in [0.15, 0.2) is 97.1 Å². The molecular formula is C84H108N4O12. The van der Waals surface area contributed by atoms with Crippen LogP contribution in [0.5, 0.6) is 23.0 Å². The minimum atomic E-state index is -0.688. The van der Waals surface area contributed by atoms with Crippen LogP contribution in [-0.2, 0) is 89.5 Å². The van der Waals surface area contributed by atoms with Gasteiger partial charge in [0.2, 0.25) is 6.54 Å². The Bertz CT molecular complexity index is 3000. The Kier molecular flexibility index (Phi) is 38.3. The molecule has 0 aliphatic heterocycles. The highest BCUT2D eigenvalue weighted by Crippen LogP contribution is 2.42. The van der Waals surface area contributed by atoms with Crippen LogP contribution < -0.4 is 18.9 Å². The molecule has 1 aliphatic carbocycles. The van der Waals surface area contributed by atoms with Crippen LogP contribution >= 0.6 is 0 Å². The van der Waals surface area contributed by atoms with Crippen molar-refractivity contribution in [2.45, 2.75) is 227 Å². The quantitative estimate of drug-likeness (QED) is 0.0116. The summed E-state index contributed by atoms with van der Waals surface area (Å²) in [5, 5.41) is 28.2. The molecule has 0 radical (unpaired) electrons. The first-order chi connectivity index (χ1) is 48.6. The molecule has 0 aromatic heterocycles. The van der Waals surface area contributed by atoms with Crippen molar-refractivity contribution in [2.24, 2.45) is 0 Å². The summed E-state index contributed by atoms with van der Waals surface area (Å²) >= 11 is 0. The zero-order chi connectivity index (χ0) is 72.3. The van der Waals surface area contributed by atoms with Crippen LogP contribution in [0.2, 0.25) is 0 Å². The number of fused-ring (bicyclic) bond motifs is 8. The van der Waals surface area contributed by atoms with Crippen molar-refractivity contribution in [2.75, 3.05) is 59.4 Å². The van der Waals surface area contributed by atoms with Crippen LogP contribution in [0.1, 0.15) is 242 Å². The van der Waals surface area contributed by atoms with Crippen LogP contribution in [-0.4, -0.2) is 83.3 Å². The Hall–Kier alpha value is -9.12. The third-order valence-corrected chi connectivity index (χ3v) is 17.6. The molecule has 16 heteroatoms. The van der Waals surface area contributed by atoms with Gasteiger partial charge >= 0.3 is 23.9 Å². The summed E-state index contributed by atoms with van der Waals surface area (Å²) in [5.41, 5.74) is 11.4.